The van der Waals surface area contributed by atoms with Gasteiger partial charge in [0.05, 0.1) is 29.6 Å². The zero-order valence-corrected chi connectivity index (χ0v) is 17.3. The van der Waals surface area contributed by atoms with Crippen LogP contribution in [0.1, 0.15) is 36.3 Å². The van der Waals surface area contributed by atoms with Crippen LogP contribution in [0.4, 0.5) is 5.69 Å². The van der Waals surface area contributed by atoms with Crippen LogP contribution in [0.3, 0.4) is 0 Å². The van der Waals surface area contributed by atoms with Gasteiger partial charge in [-0.15, -0.1) is 17.5 Å². The minimum Gasteiger partial charge on any atom is -0.487 e. The van der Waals surface area contributed by atoms with Crippen molar-refractivity contribution in [1.29, 1.82) is 0 Å². The fraction of sp³-hybridized carbons (Fsp3) is 0.500. The monoisotopic (exact) mass is 429 g/mol. The van der Waals surface area contributed by atoms with Gasteiger partial charge in [0.1, 0.15) is 6.61 Å². The number of aromatic nitrogens is 3. The van der Waals surface area contributed by atoms with Crippen LogP contribution in [0.5, 0.6) is 5.75 Å². The lowest BCUT2D eigenvalue weighted by Gasteiger charge is -2.22. The van der Waals surface area contributed by atoms with Gasteiger partial charge in [-0.2, -0.15) is 0 Å². The average molecular weight is 430 g/mol. The van der Waals surface area contributed by atoms with E-state index in [0.29, 0.717) is 36.3 Å². The molecule has 2 aromatic rings. The summed E-state index contributed by atoms with van der Waals surface area (Å²) in [5, 5.41) is 14.7. The molecule has 0 atom stereocenters. The van der Waals surface area contributed by atoms with Crippen molar-refractivity contribution < 1.29 is 14.3 Å². The highest BCUT2D eigenvalue weighted by molar-refractivity contribution is 6.32. The number of hydrogen-bond donors (Lipinski definition) is 2. The zero-order chi connectivity index (χ0) is 19.1. The highest BCUT2D eigenvalue weighted by Gasteiger charge is 2.20. The van der Waals surface area contributed by atoms with Gasteiger partial charge < -0.3 is 20.1 Å². The number of hydrogen-bond acceptors (Lipinski definition) is 6. The molecule has 0 unspecified atom stereocenters. The Balaban J connectivity index is 0.00000280. The first-order chi connectivity index (χ1) is 13.2. The van der Waals surface area contributed by atoms with Crippen molar-refractivity contribution in [2.24, 2.45) is 0 Å². The molecule has 10 heteroatoms. The van der Waals surface area contributed by atoms with E-state index in [1.54, 1.807) is 29.1 Å². The first-order valence-electron chi connectivity index (χ1n) is 9.12. The molecule has 0 spiro atoms. The van der Waals surface area contributed by atoms with E-state index in [-0.39, 0.29) is 30.0 Å². The van der Waals surface area contributed by atoms with Gasteiger partial charge in [0, 0.05) is 6.61 Å². The standard InChI is InChI=1S/C18H24ClN5O3.ClH/c1-2-26-10-11-27-17-14(19)4-3-5-15(17)21-18(25)16-12-24(23-22-16)13-6-8-20-9-7-13;/h3-5,12-13,20H,2,6-11H2,1H3,(H,21,25);1H. The molecule has 1 aliphatic heterocycles. The Morgan fingerprint density at radius 2 is 2.14 bits per heavy atom. The molecular formula is C18H25Cl2N5O3. The third-order valence-corrected chi connectivity index (χ3v) is 4.62. The topological polar surface area (TPSA) is 90.3 Å². The van der Waals surface area contributed by atoms with Gasteiger partial charge in [0.25, 0.3) is 5.91 Å². The van der Waals surface area contributed by atoms with Gasteiger partial charge in [-0.3, -0.25) is 4.79 Å². The van der Waals surface area contributed by atoms with Gasteiger partial charge in [0.15, 0.2) is 11.4 Å². The van der Waals surface area contributed by atoms with Crippen LogP contribution in [-0.4, -0.2) is 53.8 Å². The van der Waals surface area contributed by atoms with Crippen molar-refractivity contribution >= 4 is 35.6 Å². The fourth-order valence-electron chi connectivity index (χ4n) is 2.92. The Bertz CT molecular complexity index is 765. The number of rotatable bonds is 8. The maximum absolute atomic E-state index is 12.6. The number of halogens is 2. The van der Waals surface area contributed by atoms with Crippen LogP contribution in [0.25, 0.3) is 0 Å². The summed E-state index contributed by atoms with van der Waals surface area (Å²) in [5.41, 5.74) is 0.745. The lowest BCUT2D eigenvalue weighted by Crippen LogP contribution is -2.29. The summed E-state index contributed by atoms with van der Waals surface area (Å²) in [7, 11) is 0. The van der Waals surface area contributed by atoms with Crippen molar-refractivity contribution in [3.63, 3.8) is 0 Å². The highest BCUT2D eigenvalue weighted by Crippen LogP contribution is 2.33. The van der Waals surface area contributed by atoms with E-state index in [9.17, 15) is 4.79 Å². The Labute approximate surface area is 175 Å². The van der Waals surface area contributed by atoms with Gasteiger partial charge >= 0.3 is 0 Å². The SMILES string of the molecule is CCOCCOc1c(Cl)cccc1NC(=O)c1cn(C2CCNCC2)nn1.Cl. The van der Waals surface area contributed by atoms with E-state index in [4.69, 9.17) is 21.1 Å². The Kier molecular flexibility index (Phi) is 8.98. The van der Waals surface area contributed by atoms with E-state index in [2.05, 4.69) is 20.9 Å². The van der Waals surface area contributed by atoms with Crippen LogP contribution in [0.2, 0.25) is 5.02 Å². The van der Waals surface area contributed by atoms with Crippen molar-refractivity contribution in [2.75, 3.05) is 38.2 Å². The molecule has 3 rings (SSSR count). The van der Waals surface area contributed by atoms with Gasteiger partial charge in [-0.05, 0) is 45.0 Å². The normalized spacial score (nSPS) is 14.4. The largest absolute Gasteiger partial charge is 0.487 e. The highest BCUT2D eigenvalue weighted by atomic mass is 35.5. The molecule has 2 heterocycles. The summed E-state index contributed by atoms with van der Waals surface area (Å²) >= 11 is 6.22. The summed E-state index contributed by atoms with van der Waals surface area (Å²) in [6.07, 6.45) is 3.62. The van der Waals surface area contributed by atoms with Gasteiger partial charge in [0.2, 0.25) is 0 Å². The van der Waals surface area contributed by atoms with Crippen molar-refractivity contribution in [3.8, 4) is 5.75 Å². The molecule has 1 aromatic heterocycles. The first kappa shape index (κ1) is 22.4. The van der Waals surface area contributed by atoms with Crippen LogP contribution in [-0.2, 0) is 4.74 Å². The molecule has 0 saturated carbocycles. The summed E-state index contributed by atoms with van der Waals surface area (Å²) in [6, 6.07) is 5.46. The Morgan fingerprint density at radius 1 is 1.36 bits per heavy atom. The predicted octanol–water partition coefficient (Wildman–Crippen LogP) is 2.95. The lowest BCUT2D eigenvalue weighted by molar-refractivity contribution is 0.101. The number of benzene rings is 1. The second kappa shape index (κ2) is 11.2. The summed E-state index contributed by atoms with van der Waals surface area (Å²) in [5.74, 6) is 0.0603. The molecule has 0 bridgehead atoms. The number of piperidine rings is 1. The molecule has 8 nitrogen and oxygen atoms in total. The van der Waals surface area contributed by atoms with E-state index in [0.717, 1.165) is 25.9 Å². The fourth-order valence-corrected chi connectivity index (χ4v) is 3.15. The maximum atomic E-state index is 12.6. The van der Waals surface area contributed by atoms with E-state index in [1.807, 2.05) is 6.92 Å². The molecule has 1 aromatic carbocycles. The molecule has 1 fully saturated rings. The number of anilines is 1. The third kappa shape index (κ3) is 5.81. The number of ether oxygens (including phenoxy) is 2. The maximum Gasteiger partial charge on any atom is 0.277 e. The van der Waals surface area contributed by atoms with Crippen LogP contribution >= 0.6 is 24.0 Å². The third-order valence-electron chi connectivity index (χ3n) is 4.32. The number of amides is 1. The Morgan fingerprint density at radius 3 is 2.89 bits per heavy atom. The number of para-hydroxylation sites is 1. The van der Waals surface area contributed by atoms with Crippen molar-refractivity contribution in [2.45, 2.75) is 25.8 Å². The van der Waals surface area contributed by atoms with Crippen LogP contribution in [0, 0.1) is 0 Å². The first-order valence-corrected chi connectivity index (χ1v) is 9.49. The van der Waals surface area contributed by atoms with Crippen molar-refractivity contribution in [1.82, 2.24) is 20.3 Å². The quantitative estimate of drug-likeness (QED) is 0.626. The molecule has 0 aliphatic carbocycles. The molecule has 1 saturated heterocycles. The number of nitrogens with one attached hydrogen (secondary N) is 2. The minimum absolute atomic E-state index is 0. The molecule has 0 radical (unpaired) electrons. The zero-order valence-electron chi connectivity index (χ0n) is 15.7. The number of carbonyl (C=O) groups excluding carboxylic acids is 1. The minimum atomic E-state index is -0.355. The lowest BCUT2D eigenvalue weighted by atomic mass is 10.1. The van der Waals surface area contributed by atoms with E-state index >= 15 is 0 Å². The van der Waals surface area contributed by atoms with Gasteiger partial charge in [-0.1, -0.05) is 22.9 Å². The van der Waals surface area contributed by atoms with Crippen LogP contribution < -0.4 is 15.4 Å². The predicted molar refractivity (Wildman–Crippen MR) is 110 cm³/mol. The second-order valence-corrected chi connectivity index (χ2v) is 6.59. The van der Waals surface area contributed by atoms with Crippen molar-refractivity contribution in [3.05, 3.63) is 35.1 Å². The molecular weight excluding hydrogens is 405 g/mol. The summed E-state index contributed by atoms with van der Waals surface area (Å²) < 4.78 is 12.7. The molecule has 1 aliphatic rings. The second-order valence-electron chi connectivity index (χ2n) is 6.18. The van der Waals surface area contributed by atoms with E-state index in [1.165, 1.54) is 0 Å². The number of carbonyl (C=O) groups is 1. The molecule has 1 amide bonds. The molecule has 28 heavy (non-hydrogen) atoms. The number of nitrogens with zero attached hydrogens (tertiary/aromatic N) is 3. The van der Waals surface area contributed by atoms with Gasteiger partial charge in [-0.25, -0.2) is 4.68 Å². The average Bonchev–Trinajstić information content (AvgIpc) is 3.18. The molecule has 154 valence electrons. The van der Waals surface area contributed by atoms with Crippen LogP contribution in [0.15, 0.2) is 24.4 Å². The summed E-state index contributed by atoms with van der Waals surface area (Å²) in [4.78, 5) is 12.6. The van der Waals surface area contributed by atoms with E-state index < -0.39 is 0 Å². The smallest absolute Gasteiger partial charge is 0.277 e. The Hall–Kier alpha value is -1.87. The summed E-state index contributed by atoms with van der Waals surface area (Å²) in [6.45, 7) is 5.19. The molecule has 2 N–H and O–H groups in total.